The second-order valence-electron chi connectivity index (χ2n) is 3.80. The van der Waals surface area contributed by atoms with Gasteiger partial charge in [-0.15, -0.1) is 22.7 Å². The zero-order valence-electron chi connectivity index (χ0n) is 9.61. The Morgan fingerprint density at radius 2 is 1.78 bits per heavy atom. The minimum absolute atomic E-state index is 1.17. The summed E-state index contributed by atoms with van der Waals surface area (Å²) in [6, 6.07) is 10.4. The lowest BCUT2D eigenvalue weighted by molar-refractivity contribution is 1.32. The highest BCUT2D eigenvalue weighted by molar-refractivity contribution is 7.20. The largest absolute Gasteiger partial charge is 0.265 e. The van der Waals surface area contributed by atoms with Gasteiger partial charge in [0.05, 0.1) is 4.88 Å². The Bertz CT molecular complexity index is 636. The van der Waals surface area contributed by atoms with E-state index in [9.17, 15) is 0 Å². The highest BCUT2D eigenvalue weighted by Gasteiger charge is 2.04. The van der Waals surface area contributed by atoms with Crippen LogP contribution in [0.4, 0.5) is 0 Å². The van der Waals surface area contributed by atoms with E-state index in [0.29, 0.717) is 0 Å². The van der Waals surface area contributed by atoms with Crippen LogP contribution in [0, 0.1) is 0 Å². The Labute approximate surface area is 114 Å². The number of rotatable bonds is 3. The van der Waals surface area contributed by atoms with Gasteiger partial charge in [0.25, 0.3) is 0 Å². The van der Waals surface area contributed by atoms with Gasteiger partial charge in [-0.1, -0.05) is 18.2 Å². The summed E-state index contributed by atoms with van der Waals surface area (Å²) in [6.07, 6.45) is 7.92. The second kappa shape index (κ2) is 5.29. The van der Waals surface area contributed by atoms with Gasteiger partial charge >= 0.3 is 0 Å². The number of hydrogen-bond acceptors (Lipinski definition) is 3. The van der Waals surface area contributed by atoms with Crippen molar-refractivity contribution in [1.29, 1.82) is 0 Å². The summed E-state index contributed by atoms with van der Waals surface area (Å²) in [7, 11) is 0. The topological polar surface area (TPSA) is 12.9 Å². The minimum atomic E-state index is 1.17. The van der Waals surface area contributed by atoms with Crippen LogP contribution in [0.1, 0.15) is 11.1 Å². The van der Waals surface area contributed by atoms with E-state index in [1.165, 1.54) is 20.9 Å². The van der Waals surface area contributed by atoms with Crippen LogP contribution >= 0.6 is 22.7 Å². The summed E-state index contributed by atoms with van der Waals surface area (Å²) in [5, 5.41) is 4.26. The molecule has 0 bridgehead atoms. The third-order valence-corrected chi connectivity index (χ3v) is 4.58. The van der Waals surface area contributed by atoms with E-state index < -0.39 is 0 Å². The first kappa shape index (κ1) is 11.4. The third-order valence-electron chi connectivity index (χ3n) is 2.60. The van der Waals surface area contributed by atoms with Crippen LogP contribution in [-0.2, 0) is 0 Å². The Balaban J connectivity index is 1.91. The molecular weight excluding hydrogens is 258 g/mol. The molecule has 0 N–H and O–H groups in total. The van der Waals surface area contributed by atoms with E-state index in [2.05, 4.69) is 46.1 Å². The third kappa shape index (κ3) is 2.42. The zero-order chi connectivity index (χ0) is 12.2. The predicted octanol–water partition coefficient (Wildman–Crippen LogP) is 5.04. The fourth-order valence-electron chi connectivity index (χ4n) is 1.72. The molecule has 88 valence electrons. The van der Waals surface area contributed by atoms with Gasteiger partial charge in [0, 0.05) is 17.3 Å². The summed E-state index contributed by atoms with van der Waals surface area (Å²) in [6.45, 7) is 0. The highest BCUT2D eigenvalue weighted by atomic mass is 32.1. The molecular formula is C15H11NS2. The summed E-state index contributed by atoms with van der Waals surface area (Å²) in [5.74, 6) is 0. The van der Waals surface area contributed by atoms with Gasteiger partial charge in [0.1, 0.15) is 0 Å². The summed E-state index contributed by atoms with van der Waals surface area (Å²) in [5.41, 5.74) is 2.45. The number of thiophene rings is 2. The average Bonchev–Trinajstić information content (AvgIpc) is 3.08. The Morgan fingerprint density at radius 1 is 0.889 bits per heavy atom. The molecule has 3 rings (SSSR count). The summed E-state index contributed by atoms with van der Waals surface area (Å²) < 4.78 is 0. The van der Waals surface area contributed by atoms with Crippen molar-refractivity contribution in [2.75, 3.05) is 0 Å². The van der Waals surface area contributed by atoms with Gasteiger partial charge in [-0.05, 0) is 46.2 Å². The maximum Gasteiger partial charge on any atom is 0.0514 e. The monoisotopic (exact) mass is 269 g/mol. The fraction of sp³-hybridized carbons (Fsp3) is 0. The molecule has 18 heavy (non-hydrogen) atoms. The zero-order valence-corrected chi connectivity index (χ0v) is 11.2. The molecule has 1 nitrogen and oxygen atoms in total. The highest BCUT2D eigenvalue weighted by Crippen LogP contribution is 2.33. The van der Waals surface area contributed by atoms with Gasteiger partial charge in [-0.2, -0.15) is 0 Å². The molecule has 0 fully saturated rings. The lowest BCUT2D eigenvalue weighted by atomic mass is 10.2. The molecule has 3 heterocycles. The van der Waals surface area contributed by atoms with Crippen LogP contribution in [0.15, 0.2) is 53.5 Å². The quantitative estimate of drug-likeness (QED) is 0.649. The van der Waals surface area contributed by atoms with Crippen molar-refractivity contribution >= 4 is 34.8 Å². The summed E-state index contributed by atoms with van der Waals surface area (Å²) in [4.78, 5) is 6.69. The fourth-order valence-corrected chi connectivity index (χ4v) is 3.50. The van der Waals surface area contributed by atoms with Crippen LogP contribution in [-0.4, -0.2) is 4.98 Å². The van der Waals surface area contributed by atoms with E-state index in [4.69, 9.17) is 0 Å². The van der Waals surface area contributed by atoms with Crippen molar-refractivity contribution < 1.29 is 0 Å². The SMILES string of the molecule is C(=Cc1ccsc1-c1cccs1)c1ccncc1. The van der Waals surface area contributed by atoms with E-state index in [0.717, 1.165) is 0 Å². The Hall–Kier alpha value is -1.71. The minimum Gasteiger partial charge on any atom is -0.265 e. The second-order valence-corrected chi connectivity index (χ2v) is 5.66. The van der Waals surface area contributed by atoms with E-state index in [1.54, 1.807) is 22.7 Å². The molecule has 0 spiro atoms. The summed E-state index contributed by atoms with van der Waals surface area (Å²) >= 11 is 3.57. The maximum absolute atomic E-state index is 4.02. The maximum atomic E-state index is 4.02. The molecule has 3 aromatic heterocycles. The van der Waals surface area contributed by atoms with Gasteiger partial charge in [-0.3, -0.25) is 4.98 Å². The Morgan fingerprint density at radius 3 is 2.56 bits per heavy atom. The van der Waals surface area contributed by atoms with Crippen LogP contribution in [0.5, 0.6) is 0 Å². The van der Waals surface area contributed by atoms with Crippen molar-refractivity contribution in [1.82, 2.24) is 4.98 Å². The lowest BCUT2D eigenvalue weighted by Crippen LogP contribution is -1.73. The smallest absolute Gasteiger partial charge is 0.0514 e. The molecule has 0 unspecified atom stereocenters. The van der Waals surface area contributed by atoms with E-state index in [1.807, 2.05) is 24.5 Å². The number of hydrogen-bond donors (Lipinski definition) is 0. The van der Waals surface area contributed by atoms with Crippen LogP contribution in [0.25, 0.3) is 21.9 Å². The van der Waals surface area contributed by atoms with Gasteiger partial charge < -0.3 is 0 Å². The van der Waals surface area contributed by atoms with Crippen molar-refractivity contribution in [3.63, 3.8) is 0 Å². The van der Waals surface area contributed by atoms with Gasteiger partial charge in [-0.25, -0.2) is 0 Å². The molecule has 0 aliphatic heterocycles. The lowest BCUT2D eigenvalue weighted by Gasteiger charge is -1.96. The molecule has 0 saturated heterocycles. The molecule has 0 aliphatic carbocycles. The molecule has 0 aliphatic rings. The molecule has 0 amide bonds. The van der Waals surface area contributed by atoms with Crippen molar-refractivity contribution in [3.05, 3.63) is 64.6 Å². The van der Waals surface area contributed by atoms with Crippen LogP contribution in [0.3, 0.4) is 0 Å². The van der Waals surface area contributed by atoms with Crippen LogP contribution in [0.2, 0.25) is 0 Å². The molecule has 0 radical (unpaired) electrons. The first-order chi connectivity index (χ1) is 8.93. The first-order valence-corrected chi connectivity index (χ1v) is 7.39. The van der Waals surface area contributed by atoms with Gasteiger partial charge in [0.2, 0.25) is 0 Å². The molecule has 0 atom stereocenters. The molecule has 0 aromatic carbocycles. The van der Waals surface area contributed by atoms with Crippen LogP contribution < -0.4 is 0 Å². The molecule has 3 heteroatoms. The van der Waals surface area contributed by atoms with E-state index >= 15 is 0 Å². The molecule has 3 aromatic rings. The number of nitrogens with zero attached hydrogens (tertiary/aromatic N) is 1. The van der Waals surface area contributed by atoms with Gasteiger partial charge in [0.15, 0.2) is 0 Å². The molecule has 0 saturated carbocycles. The van der Waals surface area contributed by atoms with Crippen molar-refractivity contribution in [3.8, 4) is 9.75 Å². The first-order valence-electron chi connectivity index (χ1n) is 5.63. The predicted molar refractivity (Wildman–Crippen MR) is 80.8 cm³/mol. The number of aromatic nitrogens is 1. The number of pyridine rings is 1. The average molecular weight is 269 g/mol. The standard InChI is InChI=1S/C15H11NS2/c1-2-14(17-10-1)15-13(7-11-18-15)4-3-12-5-8-16-9-6-12/h1-11H. The normalized spacial score (nSPS) is 11.1. The van der Waals surface area contributed by atoms with Crippen molar-refractivity contribution in [2.24, 2.45) is 0 Å². The Kier molecular flexibility index (Phi) is 3.35. The van der Waals surface area contributed by atoms with Crippen molar-refractivity contribution in [2.45, 2.75) is 0 Å². The van der Waals surface area contributed by atoms with E-state index in [-0.39, 0.29) is 0 Å².